The van der Waals surface area contributed by atoms with Crippen molar-refractivity contribution in [3.63, 3.8) is 0 Å². The van der Waals surface area contributed by atoms with Gasteiger partial charge in [-0.1, -0.05) is 6.07 Å². The second-order valence-electron chi connectivity index (χ2n) is 3.28. The third-order valence-electron chi connectivity index (χ3n) is 2.03. The third kappa shape index (κ3) is 2.91. The molecule has 0 saturated heterocycles. The number of ether oxygens (including phenoxy) is 1. The van der Waals surface area contributed by atoms with Gasteiger partial charge in [0.15, 0.2) is 11.6 Å². The van der Waals surface area contributed by atoms with Gasteiger partial charge in [0.25, 0.3) is 0 Å². The Hall–Kier alpha value is -1.68. The minimum atomic E-state index is -0.775. The summed E-state index contributed by atoms with van der Waals surface area (Å²) in [6.45, 7) is 0. The fraction of sp³-hybridized carbons (Fsp3) is 0.0833. The zero-order valence-corrected chi connectivity index (χ0v) is 9.42. The van der Waals surface area contributed by atoms with Gasteiger partial charge >= 0.3 is 0 Å². The molecule has 0 amide bonds. The molecule has 0 atom stereocenters. The van der Waals surface area contributed by atoms with Crippen molar-refractivity contribution in [2.75, 3.05) is 0 Å². The van der Waals surface area contributed by atoms with Crippen LogP contribution in [0.4, 0.5) is 8.78 Å². The van der Waals surface area contributed by atoms with Crippen LogP contribution in [0.5, 0.6) is 11.6 Å². The molecule has 0 aliphatic rings. The van der Waals surface area contributed by atoms with Gasteiger partial charge in [-0.15, -0.1) is 11.6 Å². The zero-order valence-electron chi connectivity index (χ0n) is 8.66. The molecule has 2 aromatic rings. The lowest BCUT2D eigenvalue weighted by Crippen LogP contribution is -1.93. The molecular weight excluding hydrogens is 248 g/mol. The molecule has 0 spiro atoms. The van der Waals surface area contributed by atoms with Gasteiger partial charge in [0, 0.05) is 12.1 Å². The number of nitrogens with zero attached hydrogens (tertiary/aromatic N) is 1. The van der Waals surface area contributed by atoms with Crippen LogP contribution in [-0.4, -0.2) is 4.98 Å². The number of aromatic nitrogens is 1. The Morgan fingerprint density at radius 1 is 1.18 bits per heavy atom. The lowest BCUT2D eigenvalue weighted by Gasteiger charge is -2.06. The molecule has 0 aliphatic carbocycles. The summed E-state index contributed by atoms with van der Waals surface area (Å²) >= 11 is 5.61. The average Bonchev–Trinajstić information content (AvgIpc) is 2.33. The van der Waals surface area contributed by atoms with E-state index in [0.717, 1.165) is 12.1 Å². The van der Waals surface area contributed by atoms with E-state index in [0.29, 0.717) is 5.69 Å². The number of halogens is 3. The second kappa shape index (κ2) is 5.10. The summed E-state index contributed by atoms with van der Waals surface area (Å²) in [4.78, 5) is 4.04. The van der Waals surface area contributed by atoms with Gasteiger partial charge in [-0.05, 0) is 18.2 Å². The van der Waals surface area contributed by atoms with E-state index >= 15 is 0 Å². The maximum atomic E-state index is 13.3. The summed E-state index contributed by atoms with van der Waals surface area (Å²) < 4.78 is 31.2. The SMILES string of the molecule is Fc1ccc(Oc2cccc(CCl)n2)c(F)c1. The van der Waals surface area contributed by atoms with E-state index in [-0.39, 0.29) is 17.5 Å². The van der Waals surface area contributed by atoms with Crippen molar-refractivity contribution in [1.82, 2.24) is 4.98 Å². The van der Waals surface area contributed by atoms with Gasteiger partial charge < -0.3 is 4.74 Å². The fourth-order valence-corrected chi connectivity index (χ4v) is 1.41. The molecule has 0 bridgehead atoms. The Bertz CT molecular complexity index is 534. The van der Waals surface area contributed by atoms with Crippen molar-refractivity contribution < 1.29 is 13.5 Å². The number of rotatable bonds is 3. The van der Waals surface area contributed by atoms with Crippen molar-refractivity contribution in [2.24, 2.45) is 0 Å². The third-order valence-corrected chi connectivity index (χ3v) is 2.30. The molecule has 0 aliphatic heterocycles. The van der Waals surface area contributed by atoms with Crippen LogP contribution in [0.25, 0.3) is 0 Å². The van der Waals surface area contributed by atoms with Crippen LogP contribution in [0.2, 0.25) is 0 Å². The predicted molar refractivity (Wildman–Crippen MR) is 60.2 cm³/mol. The molecule has 0 N–H and O–H groups in total. The first-order chi connectivity index (χ1) is 8.19. The lowest BCUT2D eigenvalue weighted by atomic mass is 10.3. The van der Waals surface area contributed by atoms with E-state index in [1.165, 1.54) is 6.07 Å². The first-order valence-electron chi connectivity index (χ1n) is 4.84. The highest BCUT2D eigenvalue weighted by atomic mass is 35.5. The van der Waals surface area contributed by atoms with E-state index in [4.69, 9.17) is 16.3 Å². The first kappa shape index (κ1) is 11.8. The largest absolute Gasteiger partial charge is 0.436 e. The highest BCUT2D eigenvalue weighted by Crippen LogP contribution is 2.23. The number of hydrogen-bond acceptors (Lipinski definition) is 2. The minimum absolute atomic E-state index is 0.0781. The average molecular weight is 256 g/mol. The monoisotopic (exact) mass is 255 g/mol. The highest BCUT2D eigenvalue weighted by molar-refractivity contribution is 6.16. The Kier molecular flexibility index (Phi) is 3.54. The van der Waals surface area contributed by atoms with Gasteiger partial charge in [-0.2, -0.15) is 0 Å². The molecule has 0 fully saturated rings. The normalized spacial score (nSPS) is 10.3. The zero-order chi connectivity index (χ0) is 12.3. The van der Waals surface area contributed by atoms with Crippen LogP contribution in [0.1, 0.15) is 5.69 Å². The molecule has 1 aromatic heterocycles. The van der Waals surface area contributed by atoms with Crippen molar-refractivity contribution in [3.8, 4) is 11.6 Å². The standard InChI is InChI=1S/C12H8ClF2NO/c13-7-9-2-1-3-12(16-9)17-11-5-4-8(14)6-10(11)15/h1-6H,7H2. The first-order valence-corrected chi connectivity index (χ1v) is 5.37. The molecule has 5 heteroatoms. The molecule has 0 unspecified atom stereocenters. The van der Waals surface area contributed by atoms with Crippen molar-refractivity contribution in [3.05, 3.63) is 53.7 Å². The van der Waals surface area contributed by atoms with Crippen molar-refractivity contribution in [2.45, 2.75) is 5.88 Å². The lowest BCUT2D eigenvalue weighted by molar-refractivity contribution is 0.422. The molecule has 17 heavy (non-hydrogen) atoms. The van der Waals surface area contributed by atoms with Crippen LogP contribution in [0.3, 0.4) is 0 Å². The van der Waals surface area contributed by atoms with E-state index in [9.17, 15) is 8.78 Å². The quantitative estimate of drug-likeness (QED) is 0.776. The Morgan fingerprint density at radius 2 is 2.00 bits per heavy atom. The van der Waals surface area contributed by atoms with E-state index in [1.54, 1.807) is 18.2 Å². The van der Waals surface area contributed by atoms with Gasteiger partial charge in [0.1, 0.15) is 5.82 Å². The number of benzene rings is 1. The van der Waals surface area contributed by atoms with Crippen LogP contribution < -0.4 is 4.74 Å². The summed E-state index contributed by atoms with van der Waals surface area (Å²) in [7, 11) is 0. The van der Waals surface area contributed by atoms with Crippen molar-refractivity contribution in [1.29, 1.82) is 0 Å². The molecule has 1 heterocycles. The van der Waals surface area contributed by atoms with E-state index in [2.05, 4.69) is 4.98 Å². The van der Waals surface area contributed by atoms with Gasteiger partial charge in [0.05, 0.1) is 11.6 Å². The fourth-order valence-electron chi connectivity index (χ4n) is 1.26. The molecule has 0 saturated carbocycles. The summed E-state index contributed by atoms with van der Waals surface area (Å²) in [6.07, 6.45) is 0. The van der Waals surface area contributed by atoms with Crippen molar-refractivity contribution >= 4 is 11.6 Å². The number of alkyl halides is 1. The minimum Gasteiger partial charge on any atom is -0.436 e. The maximum absolute atomic E-state index is 13.3. The van der Waals surface area contributed by atoms with E-state index in [1.807, 2.05) is 0 Å². The maximum Gasteiger partial charge on any atom is 0.219 e. The Balaban J connectivity index is 2.25. The van der Waals surface area contributed by atoms with Crippen LogP contribution in [0, 0.1) is 11.6 Å². The molecule has 88 valence electrons. The number of pyridine rings is 1. The Labute approximate surface area is 102 Å². The highest BCUT2D eigenvalue weighted by Gasteiger charge is 2.07. The smallest absolute Gasteiger partial charge is 0.219 e. The predicted octanol–water partition coefficient (Wildman–Crippen LogP) is 3.89. The second-order valence-corrected chi connectivity index (χ2v) is 3.54. The molecule has 2 nitrogen and oxygen atoms in total. The molecule has 1 aromatic carbocycles. The summed E-state index contributed by atoms with van der Waals surface area (Å²) in [6, 6.07) is 8.06. The topological polar surface area (TPSA) is 22.1 Å². The molecular formula is C12H8ClF2NO. The van der Waals surface area contributed by atoms with Gasteiger partial charge in [0.2, 0.25) is 5.88 Å². The van der Waals surface area contributed by atoms with Crippen LogP contribution in [-0.2, 0) is 5.88 Å². The molecule has 2 rings (SSSR count). The summed E-state index contributed by atoms with van der Waals surface area (Å²) in [5.41, 5.74) is 0.617. The van der Waals surface area contributed by atoms with Crippen LogP contribution in [0.15, 0.2) is 36.4 Å². The van der Waals surface area contributed by atoms with Crippen LogP contribution >= 0.6 is 11.6 Å². The summed E-state index contributed by atoms with van der Waals surface area (Å²) in [5, 5.41) is 0. The van der Waals surface area contributed by atoms with E-state index < -0.39 is 11.6 Å². The summed E-state index contributed by atoms with van der Waals surface area (Å²) in [5.74, 6) is -1.05. The number of hydrogen-bond donors (Lipinski definition) is 0. The van der Waals surface area contributed by atoms with Gasteiger partial charge in [-0.3, -0.25) is 0 Å². The van der Waals surface area contributed by atoms with Gasteiger partial charge in [-0.25, -0.2) is 13.8 Å². The Morgan fingerprint density at radius 3 is 2.71 bits per heavy atom. The molecule has 0 radical (unpaired) electrons.